The number of sulfone groups is 1. The fourth-order valence-corrected chi connectivity index (χ4v) is 3.53. The second-order valence-electron chi connectivity index (χ2n) is 4.39. The molecule has 2 heterocycles. The first kappa shape index (κ1) is 12.8. The molecule has 0 aromatic carbocycles. The van der Waals surface area contributed by atoms with E-state index >= 15 is 0 Å². The summed E-state index contributed by atoms with van der Waals surface area (Å²) in [5.41, 5.74) is 0.826. The number of amides is 1. The standard InChI is InChI=1S/C11H15N3O3S/c1-14-7-9(6-12-14)2-3-11(15)13-10-4-5-18(16,17)8-10/h2-3,6-7,10H,4-5,8H2,1H3,(H,13,15)/b3-2+. The number of carbonyl (C=O) groups excluding carboxylic acids is 1. The molecule has 0 spiro atoms. The summed E-state index contributed by atoms with van der Waals surface area (Å²) < 4.78 is 24.1. The first-order chi connectivity index (χ1) is 8.44. The quantitative estimate of drug-likeness (QED) is 0.766. The number of hydrogen-bond acceptors (Lipinski definition) is 4. The second-order valence-corrected chi connectivity index (χ2v) is 6.62. The maximum Gasteiger partial charge on any atom is 0.244 e. The molecule has 1 fully saturated rings. The predicted octanol–water partition coefficient (Wildman–Crippen LogP) is -0.263. The Morgan fingerprint density at radius 2 is 2.39 bits per heavy atom. The highest BCUT2D eigenvalue weighted by molar-refractivity contribution is 7.91. The Balaban J connectivity index is 1.88. The zero-order valence-corrected chi connectivity index (χ0v) is 10.9. The van der Waals surface area contributed by atoms with Crippen molar-refractivity contribution in [2.45, 2.75) is 12.5 Å². The summed E-state index contributed by atoms with van der Waals surface area (Å²) in [6, 6.07) is -0.263. The van der Waals surface area contributed by atoms with E-state index in [1.165, 1.54) is 6.08 Å². The van der Waals surface area contributed by atoms with Crippen LogP contribution in [-0.4, -0.2) is 41.7 Å². The van der Waals surface area contributed by atoms with Crippen LogP contribution in [0.1, 0.15) is 12.0 Å². The van der Waals surface area contributed by atoms with Gasteiger partial charge in [0, 0.05) is 30.9 Å². The normalized spacial score (nSPS) is 22.4. The van der Waals surface area contributed by atoms with Gasteiger partial charge in [0.15, 0.2) is 9.84 Å². The number of aryl methyl sites for hydroxylation is 1. The highest BCUT2D eigenvalue weighted by Gasteiger charge is 2.28. The average molecular weight is 269 g/mol. The third-order valence-electron chi connectivity index (χ3n) is 2.73. The minimum atomic E-state index is -2.96. The summed E-state index contributed by atoms with van der Waals surface area (Å²) >= 11 is 0. The van der Waals surface area contributed by atoms with Crippen molar-refractivity contribution in [1.82, 2.24) is 15.1 Å². The van der Waals surface area contributed by atoms with E-state index in [9.17, 15) is 13.2 Å². The number of aromatic nitrogens is 2. The van der Waals surface area contributed by atoms with Crippen molar-refractivity contribution in [3.05, 3.63) is 24.0 Å². The number of hydrogen-bond donors (Lipinski definition) is 1. The van der Waals surface area contributed by atoms with E-state index in [2.05, 4.69) is 10.4 Å². The molecule has 1 unspecified atom stereocenters. The van der Waals surface area contributed by atoms with Crippen molar-refractivity contribution in [2.75, 3.05) is 11.5 Å². The maximum atomic E-state index is 11.6. The minimum absolute atomic E-state index is 0.0411. The molecule has 7 heteroatoms. The molecule has 0 aliphatic carbocycles. The molecule has 18 heavy (non-hydrogen) atoms. The van der Waals surface area contributed by atoms with Gasteiger partial charge in [-0.15, -0.1) is 0 Å². The highest BCUT2D eigenvalue weighted by atomic mass is 32.2. The zero-order valence-electron chi connectivity index (χ0n) is 10.0. The lowest BCUT2D eigenvalue weighted by atomic mass is 10.2. The molecule has 1 saturated heterocycles. The molecule has 0 bridgehead atoms. The van der Waals surface area contributed by atoms with Crippen LogP contribution in [0.5, 0.6) is 0 Å². The number of nitrogens with zero attached hydrogens (tertiary/aromatic N) is 2. The minimum Gasteiger partial charge on any atom is -0.349 e. The number of rotatable bonds is 3. The topological polar surface area (TPSA) is 81.1 Å². The molecular weight excluding hydrogens is 254 g/mol. The van der Waals surface area contributed by atoms with Gasteiger partial charge >= 0.3 is 0 Å². The fourth-order valence-electron chi connectivity index (χ4n) is 1.86. The lowest BCUT2D eigenvalue weighted by Crippen LogP contribution is -2.34. The molecule has 2 rings (SSSR count). The smallest absolute Gasteiger partial charge is 0.244 e. The van der Waals surface area contributed by atoms with Crippen molar-refractivity contribution in [3.63, 3.8) is 0 Å². The van der Waals surface area contributed by atoms with E-state index in [-0.39, 0.29) is 23.5 Å². The maximum absolute atomic E-state index is 11.6. The summed E-state index contributed by atoms with van der Waals surface area (Å²) in [7, 11) is -1.16. The molecule has 1 aromatic rings. The van der Waals surface area contributed by atoms with E-state index in [1.54, 1.807) is 30.2 Å². The van der Waals surface area contributed by atoms with E-state index < -0.39 is 9.84 Å². The first-order valence-electron chi connectivity index (χ1n) is 5.62. The Labute approximate surface area is 106 Å². The first-order valence-corrected chi connectivity index (χ1v) is 7.44. The fraction of sp³-hybridized carbons (Fsp3) is 0.455. The lowest BCUT2D eigenvalue weighted by molar-refractivity contribution is -0.116. The van der Waals surface area contributed by atoms with Gasteiger partial charge in [-0.3, -0.25) is 9.48 Å². The van der Waals surface area contributed by atoms with Crippen LogP contribution in [0.25, 0.3) is 6.08 Å². The van der Waals surface area contributed by atoms with Crippen LogP contribution in [0.15, 0.2) is 18.5 Å². The van der Waals surface area contributed by atoms with Crippen LogP contribution in [0.3, 0.4) is 0 Å². The summed E-state index contributed by atoms with van der Waals surface area (Å²) in [6.45, 7) is 0. The Morgan fingerprint density at radius 3 is 2.94 bits per heavy atom. The van der Waals surface area contributed by atoms with Crippen LogP contribution in [0.2, 0.25) is 0 Å². The highest BCUT2D eigenvalue weighted by Crippen LogP contribution is 2.11. The molecular formula is C11H15N3O3S. The molecule has 98 valence electrons. The van der Waals surface area contributed by atoms with E-state index in [4.69, 9.17) is 0 Å². The molecule has 1 atom stereocenters. The second kappa shape index (κ2) is 4.93. The summed E-state index contributed by atoms with van der Waals surface area (Å²) in [5.74, 6) is -0.0787. The summed E-state index contributed by atoms with van der Waals surface area (Å²) in [4.78, 5) is 11.6. The van der Waals surface area contributed by atoms with Gasteiger partial charge in [0.1, 0.15) is 0 Å². The van der Waals surface area contributed by atoms with Crippen molar-refractivity contribution in [2.24, 2.45) is 7.05 Å². The van der Waals surface area contributed by atoms with E-state index in [0.717, 1.165) is 5.56 Å². The molecule has 1 aliphatic rings. The molecule has 1 aromatic heterocycles. The van der Waals surface area contributed by atoms with Gasteiger partial charge < -0.3 is 5.32 Å². The summed E-state index contributed by atoms with van der Waals surface area (Å²) in [6.07, 6.45) is 6.95. The van der Waals surface area contributed by atoms with Gasteiger partial charge in [-0.1, -0.05) is 0 Å². The van der Waals surface area contributed by atoms with Crippen LogP contribution in [0, 0.1) is 0 Å². The molecule has 1 amide bonds. The molecule has 1 N–H and O–H groups in total. The van der Waals surface area contributed by atoms with Gasteiger partial charge in [0.25, 0.3) is 0 Å². The van der Waals surface area contributed by atoms with Crippen LogP contribution in [0.4, 0.5) is 0 Å². The molecule has 1 aliphatic heterocycles. The average Bonchev–Trinajstić information content (AvgIpc) is 2.82. The third-order valence-corrected chi connectivity index (χ3v) is 4.50. The van der Waals surface area contributed by atoms with E-state index in [0.29, 0.717) is 6.42 Å². The van der Waals surface area contributed by atoms with Crippen molar-refractivity contribution in [3.8, 4) is 0 Å². The van der Waals surface area contributed by atoms with E-state index in [1.807, 2.05) is 0 Å². The van der Waals surface area contributed by atoms with Gasteiger partial charge in [0.2, 0.25) is 5.91 Å². The molecule has 0 saturated carbocycles. The Kier molecular flexibility index (Phi) is 3.51. The third kappa shape index (κ3) is 3.43. The van der Waals surface area contributed by atoms with Gasteiger partial charge in [0.05, 0.1) is 17.7 Å². The van der Waals surface area contributed by atoms with Gasteiger partial charge in [-0.25, -0.2) is 8.42 Å². The Hall–Kier alpha value is -1.63. The Morgan fingerprint density at radius 1 is 1.61 bits per heavy atom. The Bertz CT molecular complexity index is 574. The van der Waals surface area contributed by atoms with Crippen LogP contribution < -0.4 is 5.32 Å². The predicted molar refractivity (Wildman–Crippen MR) is 67.4 cm³/mol. The zero-order chi connectivity index (χ0) is 13.2. The van der Waals surface area contributed by atoms with Crippen LogP contribution >= 0.6 is 0 Å². The lowest BCUT2D eigenvalue weighted by Gasteiger charge is -2.07. The number of carbonyl (C=O) groups is 1. The van der Waals surface area contributed by atoms with Gasteiger partial charge in [-0.05, 0) is 12.5 Å². The largest absolute Gasteiger partial charge is 0.349 e. The van der Waals surface area contributed by atoms with Gasteiger partial charge in [-0.2, -0.15) is 5.10 Å². The number of nitrogens with one attached hydrogen (secondary N) is 1. The van der Waals surface area contributed by atoms with Crippen molar-refractivity contribution < 1.29 is 13.2 Å². The van der Waals surface area contributed by atoms with Crippen LogP contribution in [-0.2, 0) is 21.7 Å². The van der Waals surface area contributed by atoms with Crippen molar-refractivity contribution in [1.29, 1.82) is 0 Å². The molecule has 6 nitrogen and oxygen atoms in total. The SMILES string of the molecule is Cn1cc(/C=C/C(=O)NC2CCS(=O)(=O)C2)cn1. The van der Waals surface area contributed by atoms with Crippen molar-refractivity contribution >= 4 is 21.8 Å². The summed E-state index contributed by atoms with van der Waals surface area (Å²) in [5, 5.41) is 6.65. The monoisotopic (exact) mass is 269 g/mol. The molecule has 0 radical (unpaired) electrons.